The molecule has 0 aromatic heterocycles. The average Bonchev–Trinajstić information content (AvgIpc) is 2.15. The summed E-state index contributed by atoms with van der Waals surface area (Å²) >= 11 is 0. The third-order valence-electron chi connectivity index (χ3n) is 2.01. The molecule has 0 fully saturated rings. The highest BCUT2D eigenvalue weighted by Crippen LogP contribution is 2.13. The van der Waals surface area contributed by atoms with Gasteiger partial charge in [-0.05, 0) is 24.5 Å². The van der Waals surface area contributed by atoms with Gasteiger partial charge in [-0.3, -0.25) is 0 Å². The number of hydrogen-bond acceptors (Lipinski definition) is 2. The summed E-state index contributed by atoms with van der Waals surface area (Å²) in [6.07, 6.45) is 1.85. The fourth-order valence-electron chi connectivity index (χ4n) is 1.19. The highest BCUT2D eigenvalue weighted by molar-refractivity contribution is 5.50. The van der Waals surface area contributed by atoms with Crippen molar-refractivity contribution in [3.8, 4) is 0 Å². The van der Waals surface area contributed by atoms with Crippen molar-refractivity contribution in [2.24, 2.45) is 0 Å². The van der Waals surface area contributed by atoms with Gasteiger partial charge in [0.25, 0.3) is 0 Å². The van der Waals surface area contributed by atoms with Crippen molar-refractivity contribution in [1.29, 1.82) is 0 Å². The van der Waals surface area contributed by atoms with Gasteiger partial charge in [-0.15, -0.1) is 0 Å². The number of benzene rings is 1. The SMILES string of the molecule is CC(O)c1ccc(CCC=O)cc1. The van der Waals surface area contributed by atoms with Crippen LogP contribution in [0.5, 0.6) is 0 Å². The van der Waals surface area contributed by atoms with Crippen LogP contribution in [-0.4, -0.2) is 11.4 Å². The summed E-state index contributed by atoms with van der Waals surface area (Å²) in [7, 11) is 0. The Balaban J connectivity index is 2.64. The summed E-state index contributed by atoms with van der Waals surface area (Å²) in [5.74, 6) is 0. The van der Waals surface area contributed by atoms with Crippen LogP contribution in [0.2, 0.25) is 0 Å². The normalized spacial score (nSPS) is 12.5. The Bertz CT molecular complexity index is 262. The minimum absolute atomic E-state index is 0.417. The van der Waals surface area contributed by atoms with E-state index in [1.54, 1.807) is 6.92 Å². The minimum atomic E-state index is -0.417. The van der Waals surface area contributed by atoms with Gasteiger partial charge >= 0.3 is 0 Å². The molecular formula is C11H14O2. The molecule has 0 saturated heterocycles. The van der Waals surface area contributed by atoms with E-state index in [1.807, 2.05) is 24.3 Å². The van der Waals surface area contributed by atoms with Gasteiger partial charge < -0.3 is 9.90 Å². The second-order valence-electron chi connectivity index (χ2n) is 3.12. The molecule has 0 bridgehead atoms. The quantitative estimate of drug-likeness (QED) is 0.715. The van der Waals surface area contributed by atoms with Gasteiger partial charge in [-0.25, -0.2) is 0 Å². The first-order valence-electron chi connectivity index (χ1n) is 4.44. The van der Waals surface area contributed by atoms with E-state index >= 15 is 0 Å². The molecule has 0 aliphatic carbocycles. The number of aryl methyl sites for hydroxylation is 1. The maximum Gasteiger partial charge on any atom is 0.120 e. The van der Waals surface area contributed by atoms with Crippen LogP contribution >= 0.6 is 0 Å². The number of carbonyl (C=O) groups excluding carboxylic acids is 1. The van der Waals surface area contributed by atoms with Crippen LogP contribution in [0.15, 0.2) is 24.3 Å². The Morgan fingerprint density at radius 3 is 2.46 bits per heavy atom. The van der Waals surface area contributed by atoms with Crippen molar-refractivity contribution in [3.05, 3.63) is 35.4 Å². The topological polar surface area (TPSA) is 37.3 Å². The van der Waals surface area contributed by atoms with Crippen LogP contribution < -0.4 is 0 Å². The van der Waals surface area contributed by atoms with Gasteiger partial charge in [-0.2, -0.15) is 0 Å². The summed E-state index contributed by atoms with van der Waals surface area (Å²) < 4.78 is 0. The van der Waals surface area contributed by atoms with Crippen molar-refractivity contribution < 1.29 is 9.90 Å². The molecule has 0 aliphatic rings. The van der Waals surface area contributed by atoms with Gasteiger partial charge in [0.2, 0.25) is 0 Å². The molecule has 0 amide bonds. The Hall–Kier alpha value is -1.15. The summed E-state index contributed by atoms with van der Waals surface area (Å²) in [5, 5.41) is 9.23. The predicted octanol–water partition coefficient (Wildman–Crippen LogP) is 1.87. The van der Waals surface area contributed by atoms with Crippen molar-refractivity contribution in [1.82, 2.24) is 0 Å². The lowest BCUT2D eigenvalue weighted by molar-refractivity contribution is -0.107. The van der Waals surface area contributed by atoms with Crippen LogP contribution in [0.4, 0.5) is 0 Å². The number of aliphatic hydroxyl groups is 1. The highest BCUT2D eigenvalue weighted by Gasteiger charge is 1.99. The largest absolute Gasteiger partial charge is 0.389 e. The first-order chi connectivity index (χ1) is 6.24. The third-order valence-corrected chi connectivity index (χ3v) is 2.01. The Labute approximate surface area is 78.2 Å². The molecule has 1 atom stereocenters. The molecule has 0 heterocycles. The second-order valence-corrected chi connectivity index (χ2v) is 3.12. The summed E-state index contributed by atoms with van der Waals surface area (Å²) in [6, 6.07) is 7.69. The van der Waals surface area contributed by atoms with Crippen LogP contribution in [0, 0.1) is 0 Å². The highest BCUT2D eigenvalue weighted by atomic mass is 16.3. The van der Waals surface area contributed by atoms with E-state index in [0.29, 0.717) is 6.42 Å². The van der Waals surface area contributed by atoms with Gasteiger partial charge in [0, 0.05) is 6.42 Å². The molecule has 1 aromatic carbocycles. The zero-order valence-corrected chi connectivity index (χ0v) is 7.73. The first-order valence-corrected chi connectivity index (χ1v) is 4.44. The van der Waals surface area contributed by atoms with E-state index in [1.165, 1.54) is 0 Å². The molecule has 0 radical (unpaired) electrons. The molecule has 1 unspecified atom stereocenters. The van der Waals surface area contributed by atoms with Gasteiger partial charge in [0.15, 0.2) is 0 Å². The van der Waals surface area contributed by atoms with Crippen molar-refractivity contribution >= 4 is 6.29 Å². The Kier molecular flexibility index (Phi) is 3.65. The average molecular weight is 178 g/mol. The lowest BCUT2D eigenvalue weighted by Crippen LogP contribution is -1.92. The van der Waals surface area contributed by atoms with Crippen LogP contribution in [0.1, 0.15) is 30.6 Å². The molecule has 13 heavy (non-hydrogen) atoms. The monoisotopic (exact) mass is 178 g/mol. The smallest absolute Gasteiger partial charge is 0.120 e. The van der Waals surface area contributed by atoms with Gasteiger partial charge in [0.1, 0.15) is 6.29 Å². The summed E-state index contributed by atoms with van der Waals surface area (Å²) in [4.78, 5) is 10.1. The zero-order valence-electron chi connectivity index (χ0n) is 7.73. The molecular weight excluding hydrogens is 164 g/mol. The fraction of sp³-hybridized carbons (Fsp3) is 0.364. The zero-order chi connectivity index (χ0) is 9.68. The van der Waals surface area contributed by atoms with E-state index in [4.69, 9.17) is 0 Å². The van der Waals surface area contributed by atoms with Gasteiger partial charge in [-0.1, -0.05) is 24.3 Å². The van der Waals surface area contributed by atoms with Crippen LogP contribution in [0.25, 0.3) is 0 Å². The van der Waals surface area contributed by atoms with Gasteiger partial charge in [0.05, 0.1) is 6.10 Å². The Morgan fingerprint density at radius 1 is 1.38 bits per heavy atom. The van der Waals surface area contributed by atoms with E-state index in [9.17, 15) is 9.90 Å². The second kappa shape index (κ2) is 4.77. The molecule has 1 N–H and O–H groups in total. The standard InChI is InChI=1S/C11H14O2/c1-9(13)11-6-4-10(5-7-11)3-2-8-12/h4-9,13H,2-3H2,1H3. The molecule has 2 heteroatoms. The number of carbonyl (C=O) groups is 1. The fourth-order valence-corrected chi connectivity index (χ4v) is 1.19. The first kappa shape index (κ1) is 9.93. The van der Waals surface area contributed by atoms with Crippen LogP contribution in [0.3, 0.4) is 0 Å². The van der Waals surface area contributed by atoms with E-state index in [2.05, 4.69) is 0 Å². The summed E-state index contributed by atoms with van der Waals surface area (Å²) in [6.45, 7) is 1.74. The molecule has 70 valence electrons. The molecule has 1 rings (SSSR count). The maximum absolute atomic E-state index is 10.1. The van der Waals surface area contributed by atoms with Crippen molar-refractivity contribution in [2.45, 2.75) is 25.9 Å². The molecule has 0 spiro atoms. The molecule has 2 nitrogen and oxygen atoms in total. The lowest BCUT2D eigenvalue weighted by Gasteiger charge is -2.04. The molecule has 0 aliphatic heterocycles. The van der Waals surface area contributed by atoms with Crippen molar-refractivity contribution in [2.75, 3.05) is 0 Å². The number of rotatable bonds is 4. The Morgan fingerprint density at radius 2 is 2.00 bits per heavy atom. The van der Waals surface area contributed by atoms with E-state index in [-0.39, 0.29) is 0 Å². The summed E-state index contributed by atoms with van der Waals surface area (Å²) in [5.41, 5.74) is 2.05. The molecule has 1 aromatic rings. The third kappa shape index (κ3) is 2.99. The van der Waals surface area contributed by atoms with Crippen molar-refractivity contribution in [3.63, 3.8) is 0 Å². The maximum atomic E-state index is 10.1. The van der Waals surface area contributed by atoms with E-state index in [0.717, 1.165) is 23.8 Å². The number of hydrogen-bond donors (Lipinski definition) is 1. The molecule has 0 saturated carbocycles. The van der Waals surface area contributed by atoms with Crippen LogP contribution in [-0.2, 0) is 11.2 Å². The lowest BCUT2D eigenvalue weighted by atomic mass is 10.1. The predicted molar refractivity (Wildman–Crippen MR) is 51.5 cm³/mol. The number of aliphatic hydroxyl groups excluding tert-OH is 1. The number of aldehydes is 1. The van der Waals surface area contributed by atoms with E-state index < -0.39 is 6.10 Å². The minimum Gasteiger partial charge on any atom is -0.389 e.